The molecular weight excluding hydrogens is 592 g/mol. The number of unbranched alkanes of at least 4 members (excludes halogenated alkanes) is 11. The molecule has 1 heterocycles. The SMILES string of the molecule is Br.CCCCCCCCCCCCCCOc1ccc(C(=O)Nc2ccccc2CN2CSC=C2C)cc1Cl. The zero-order valence-corrected chi connectivity index (χ0v) is 27.0. The van der Waals surface area contributed by atoms with E-state index in [1.165, 1.54) is 76.3 Å². The summed E-state index contributed by atoms with van der Waals surface area (Å²) in [6.45, 7) is 5.80. The second-order valence-electron chi connectivity index (χ2n) is 10.2. The number of carbonyl (C=O) groups excluding carboxylic acids is 1. The number of hydrogen-bond acceptors (Lipinski definition) is 4. The Bertz CT molecular complexity index is 1030. The maximum atomic E-state index is 13.0. The van der Waals surface area contributed by atoms with Crippen LogP contribution in [0.3, 0.4) is 0 Å². The van der Waals surface area contributed by atoms with Crippen LogP contribution in [0.4, 0.5) is 5.69 Å². The third kappa shape index (κ3) is 12.2. The lowest BCUT2D eigenvalue weighted by Crippen LogP contribution is -2.19. The summed E-state index contributed by atoms with van der Waals surface area (Å²) in [7, 11) is 0. The Morgan fingerprint density at radius 2 is 1.59 bits per heavy atom. The van der Waals surface area contributed by atoms with Crippen molar-refractivity contribution >= 4 is 51.9 Å². The molecule has 2 aromatic carbocycles. The van der Waals surface area contributed by atoms with Crippen LogP contribution in [0.2, 0.25) is 5.02 Å². The minimum Gasteiger partial charge on any atom is -0.492 e. The van der Waals surface area contributed by atoms with E-state index in [2.05, 4.69) is 35.5 Å². The van der Waals surface area contributed by atoms with Gasteiger partial charge in [0, 0.05) is 23.5 Å². The lowest BCUT2D eigenvalue weighted by atomic mass is 10.1. The second-order valence-corrected chi connectivity index (χ2v) is 11.5. The molecule has 4 nitrogen and oxygen atoms in total. The first-order valence-electron chi connectivity index (χ1n) is 14.4. The number of amides is 1. The van der Waals surface area contributed by atoms with Crippen LogP contribution in [0.1, 0.15) is 107 Å². The summed E-state index contributed by atoms with van der Waals surface area (Å²) in [5, 5.41) is 5.71. The van der Waals surface area contributed by atoms with Crippen molar-refractivity contribution in [3.63, 3.8) is 0 Å². The highest BCUT2D eigenvalue weighted by atomic mass is 79.9. The van der Waals surface area contributed by atoms with Gasteiger partial charge in [-0.2, -0.15) is 0 Å². The van der Waals surface area contributed by atoms with Crippen molar-refractivity contribution in [3.05, 3.63) is 69.7 Å². The third-order valence-electron chi connectivity index (χ3n) is 7.06. The van der Waals surface area contributed by atoms with Gasteiger partial charge in [-0.1, -0.05) is 107 Å². The van der Waals surface area contributed by atoms with Crippen LogP contribution in [0, 0.1) is 0 Å². The van der Waals surface area contributed by atoms with E-state index in [0.29, 0.717) is 22.9 Å². The molecule has 0 radical (unpaired) electrons. The monoisotopic (exact) mass is 636 g/mol. The molecule has 0 unspecified atom stereocenters. The Hall–Kier alpha value is -1.63. The topological polar surface area (TPSA) is 41.6 Å². The summed E-state index contributed by atoms with van der Waals surface area (Å²) >= 11 is 8.26. The lowest BCUT2D eigenvalue weighted by Gasteiger charge is -2.21. The zero-order valence-electron chi connectivity index (χ0n) is 23.7. The normalized spacial score (nSPS) is 12.7. The average molecular weight is 638 g/mol. The predicted octanol–water partition coefficient (Wildman–Crippen LogP) is 10.6. The fourth-order valence-corrected chi connectivity index (χ4v) is 5.83. The summed E-state index contributed by atoms with van der Waals surface area (Å²) < 4.78 is 5.91. The van der Waals surface area contributed by atoms with Gasteiger partial charge in [0.25, 0.3) is 5.91 Å². The Labute approximate surface area is 256 Å². The van der Waals surface area contributed by atoms with Crippen molar-refractivity contribution in [3.8, 4) is 5.75 Å². The molecule has 0 fully saturated rings. The van der Waals surface area contributed by atoms with Gasteiger partial charge in [0.15, 0.2) is 0 Å². The number of nitrogens with one attached hydrogen (secondary N) is 1. The van der Waals surface area contributed by atoms with E-state index in [-0.39, 0.29) is 22.9 Å². The number of carbonyl (C=O) groups is 1. The Morgan fingerprint density at radius 1 is 0.949 bits per heavy atom. The third-order valence-corrected chi connectivity index (χ3v) is 8.32. The molecule has 0 aromatic heterocycles. The smallest absolute Gasteiger partial charge is 0.255 e. The molecule has 1 aliphatic heterocycles. The van der Waals surface area contributed by atoms with Gasteiger partial charge in [-0.25, -0.2) is 0 Å². The molecule has 7 heteroatoms. The number of rotatable bonds is 18. The molecule has 0 aliphatic carbocycles. The quantitative estimate of drug-likeness (QED) is 0.165. The van der Waals surface area contributed by atoms with Crippen LogP contribution in [0.25, 0.3) is 0 Å². The first-order valence-corrected chi connectivity index (χ1v) is 15.9. The minimum absolute atomic E-state index is 0. The van der Waals surface area contributed by atoms with E-state index < -0.39 is 0 Å². The zero-order chi connectivity index (χ0) is 27.0. The lowest BCUT2D eigenvalue weighted by molar-refractivity contribution is 0.102. The number of hydrogen-bond donors (Lipinski definition) is 1. The Kier molecular flexibility index (Phi) is 16.7. The molecule has 0 saturated carbocycles. The highest BCUT2D eigenvalue weighted by Gasteiger charge is 2.16. The van der Waals surface area contributed by atoms with Crippen molar-refractivity contribution in [2.24, 2.45) is 0 Å². The number of para-hydroxylation sites is 1. The van der Waals surface area contributed by atoms with Crippen LogP contribution >= 0.6 is 40.3 Å². The number of allylic oxidation sites excluding steroid dienone is 1. The summed E-state index contributed by atoms with van der Waals surface area (Å²) in [5.41, 5.74) is 3.69. The van der Waals surface area contributed by atoms with Gasteiger partial charge in [-0.15, -0.1) is 28.7 Å². The second kappa shape index (κ2) is 19.4. The minimum atomic E-state index is -0.171. The van der Waals surface area contributed by atoms with Crippen LogP contribution in [0.15, 0.2) is 53.6 Å². The van der Waals surface area contributed by atoms with Gasteiger partial charge in [0.1, 0.15) is 5.75 Å². The highest BCUT2D eigenvalue weighted by molar-refractivity contribution is 8.93. The first kappa shape index (κ1) is 33.6. The molecule has 1 N–H and O–H groups in total. The van der Waals surface area contributed by atoms with E-state index in [0.717, 1.165) is 30.1 Å². The maximum absolute atomic E-state index is 13.0. The number of benzene rings is 2. The van der Waals surface area contributed by atoms with Crippen LogP contribution in [-0.2, 0) is 6.54 Å². The fraction of sp³-hybridized carbons (Fsp3) is 0.531. The Morgan fingerprint density at radius 3 is 2.21 bits per heavy atom. The van der Waals surface area contributed by atoms with Crippen LogP contribution in [0.5, 0.6) is 5.75 Å². The van der Waals surface area contributed by atoms with E-state index >= 15 is 0 Å². The number of thioether (sulfide) groups is 1. The van der Waals surface area contributed by atoms with Crippen molar-refractivity contribution in [2.45, 2.75) is 97.4 Å². The molecule has 39 heavy (non-hydrogen) atoms. The predicted molar refractivity (Wildman–Crippen MR) is 175 cm³/mol. The van der Waals surface area contributed by atoms with Crippen molar-refractivity contribution in [1.82, 2.24) is 4.90 Å². The molecule has 0 saturated heterocycles. The van der Waals surface area contributed by atoms with E-state index in [1.54, 1.807) is 30.0 Å². The van der Waals surface area contributed by atoms with Crippen molar-refractivity contribution < 1.29 is 9.53 Å². The molecule has 0 bridgehead atoms. The summed E-state index contributed by atoms with van der Waals surface area (Å²) in [6.07, 6.45) is 15.8. The highest BCUT2D eigenvalue weighted by Crippen LogP contribution is 2.29. The molecule has 3 rings (SSSR count). The van der Waals surface area contributed by atoms with E-state index in [9.17, 15) is 4.79 Å². The number of ether oxygens (including phenoxy) is 1. The van der Waals surface area contributed by atoms with Crippen molar-refractivity contribution in [2.75, 3.05) is 17.8 Å². The molecule has 1 aliphatic rings. The first-order chi connectivity index (χ1) is 18.6. The largest absolute Gasteiger partial charge is 0.492 e. The fourth-order valence-electron chi connectivity index (χ4n) is 4.66. The molecule has 0 atom stereocenters. The van der Waals surface area contributed by atoms with Gasteiger partial charge in [0.2, 0.25) is 0 Å². The molecular formula is C32H46BrClN2O2S. The molecule has 1 amide bonds. The van der Waals surface area contributed by atoms with E-state index in [4.69, 9.17) is 16.3 Å². The number of nitrogens with zero attached hydrogens (tertiary/aromatic N) is 1. The van der Waals surface area contributed by atoms with Gasteiger partial charge in [-0.05, 0) is 48.6 Å². The van der Waals surface area contributed by atoms with Gasteiger partial charge in [-0.3, -0.25) is 4.79 Å². The molecule has 0 spiro atoms. The van der Waals surface area contributed by atoms with Gasteiger partial charge in [0.05, 0.1) is 17.5 Å². The van der Waals surface area contributed by atoms with Gasteiger partial charge < -0.3 is 15.0 Å². The summed E-state index contributed by atoms with van der Waals surface area (Å²) in [6, 6.07) is 13.2. The number of halogens is 2. The number of anilines is 1. The molecule has 216 valence electrons. The average Bonchev–Trinajstić information content (AvgIpc) is 3.32. The Balaban J connectivity index is 0.00000533. The van der Waals surface area contributed by atoms with Crippen molar-refractivity contribution in [1.29, 1.82) is 0 Å². The van der Waals surface area contributed by atoms with Gasteiger partial charge >= 0.3 is 0 Å². The maximum Gasteiger partial charge on any atom is 0.255 e. The van der Waals surface area contributed by atoms with E-state index in [1.807, 2.05) is 18.2 Å². The van der Waals surface area contributed by atoms with Crippen LogP contribution in [-0.4, -0.2) is 23.3 Å². The summed E-state index contributed by atoms with van der Waals surface area (Å²) in [4.78, 5) is 15.3. The standard InChI is InChI=1S/C32H45ClN2O2S.BrH/c1-3-4-5-6-7-8-9-10-11-12-13-16-21-37-31-20-19-27(22-29(31)33)32(36)34-30-18-15-14-17-28(30)23-35-25-38-24-26(35)2;/h14-15,17-20,22,24H,3-13,16,21,23,25H2,1-2H3,(H,34,36);1H. The van der Waals surface area contributed by atoms with Crippen LogP contribution < -0.4 is 10.1 Å². The summed E-state index contributed by atoms with van der Waals surface area (Å²) in [5.74, 6) is 1.40. The molecule has 2 aromatic rings.